The Hall–Kier alpha value is -2.82. The van der Waals surface area contributed by atoms with Crippen LogP contribution in [0.5, 0.6) is 5.75 Å². The first kappa shape index (κ1) is 15.7. The van der Waals surface area contributed by atoms with Crippen molar-refractivity contribution in [2.24, 2.45) is 0 Å². The summed E-state index contributed by atoms with van der Waals surface area (Å²) in [5.74, 6) is 2.18. The summed E-state index contributed by atoms with van der Waals surface area (Å²) in [7, 11) is 1.68. The monoisotopic (exact) mass is 335 g/mol. The Morgan fingerprint density at radius 1 is 1.24 bits per heavy atom. The zero-order chi connectivity index (χ0) is 17.2. The molecule has 5 heteroatoms. The summed E-state index contributed by atoms with van der Waals surface area (Å²) in [6.07, 6.45) is 2.03. The minimum Gasteiger partial charge on any atom is -0.496 e. The molecule has 128 valence electrons. The molecule has 0 unspecified atom stereocenters. The summed E-state index contributed by atoms with van der Waals surface area (Å²) >= 11 is 0. The number of aryl methyl sites for hydroxylation is 1. The second kappa shape index (κ2) is 6.59. The zero-order valence-corrected chi connectivity index (χ0v) is 14.2. The maximum atomic E-state index is 12.2. The minimum absolute atomic E-state index is 0.0721. The number of para-hydroxylation sites is 3. The summed E-state index contributed by atoms with van der Waals surface area (Å²) in [4.78, 5) is 20.0. The maximum Gasteiger partial charge on any atom is 0.220 e. The Morgan fingerprint density at radius 3 is 2.88 bits per heavy atom. The lowest BCUT2D eigenvalue weighted by Crippen LogP contribution is -2.26. The summed E-state index contributed by atoms with van der Waals surface area (Å²) < 4.78 is 5.41. The lowest BCUT2D eigenvalue weighted by atomic mass is 10.1. The number of hydrogen-bond donors (Lipinski definition) is 2. The predicted octanol–water partition coefficient (Wildman–Crippen LogP) is 3.18. The van der Waals surface area contributed by atoms with E-state index in [4.69, 9.17) is 4.74 Å². The van der Waals surface area contributed by atoms with Gasteiger partial charge in [-0.3, -0.25) is 4.79 Å². The van der Waals surface area contributed by atoms with Crippen molar-refractivity contribution in [1.29, 1.82) is 0 Å². The van der Waals surface area contributed by atoms with Gasteiger partial charge in [-0.1, -0.05) is 30.3 Å². The average Bonchev–Trinajstić information content (AvgIpc) is 3.26. The molecule has 4 rings (SSSR count). The van der Waals surface area contributed by atoms with E-state index < -0.39 is 0 Å². The number of ether oxygens (including phenoxy) is 1. The van der Waals surface area contributed by atoms with E-state index in [9.17, 15) is 4.79 Å². The highest BCUT2D eigenvalue weighted by Gasteiger charge is 2.40. The number of imidazole rings is 1. The van der Waals surface area contributed by atoms with Gasteiger partial charge in [0.15, 0.2) is 0 Å². The Kier molecular flexibility index (Phi) is 4.14. The summed E-state index contributed by atoms with van der Waals surface area (Å²) in [6.45, 7) is 0. The number of H-pyrrole nitrogens is 1. The van der Waals surface area contributed by atoms with Crippen LogP contribution in [0.1, 0.15) is 30.1 Å². The van der Waals surface area contributed by atoms with Gasteiger partial charge in [-0.15, -0.1) is 0 Å². The number of carbonyl (C=O) groups excluding carboxylic acids is 1. The number of carbonyl (C=O) groups is 1. The molecule has 1 aliphatic rings. The van der Waals surface area contributed by atoms with Gasteiger partial charge in [0.25, 0.3) is 0 Å². The Bertz CT molecular complexity index is 870. The predicted molar refractivity (Wildman–Crippen MR) is 96.7 cm³/mol. The van der Waals surface area contributed by atoms with Crippen LogP contribution in [-0.2, 0) is 11.2 Å². The van der Waals surface area contributed by atoms with Crippen LogP contribution in [0.4, 0.5) is 0 Å². The molecule has 0 spiro atoms. The van der Waals surface area contributed by atoms with Crippen LogP contribution < -0.4 is 10.1 Å². The molecule has 0 saturated heterocycles. The molecule has 1 amide bonds. The fourth-order valence-electron chi connectivity index (χ4n) is 3.31. The van der Waals surface area contributed by atoms with Crippen molar-refractivity contribution < 1.29 is 9.53 Å². The van der Waals surface area contributed by atoms with Gasteiger partial charge in [0.1, 0.15) is 11.6 Å². The number of aromatic amines is 1. The van der Waals surface area contributed by atoms with E-state index in [1.54, 1.807) is 7.11 Å². The number of hydrogen-bond acceptors (Lipinski definition) is 3. The molecule has 2 aromatic carbocycles. The first-order chi connectivity index (χ1) is 12.2. The molecule has 1 fully saturated rings. The number of nitrogens with one attached hydrogen (secondary N) is 2. The van der Waals surface area contributed by atoms with E-state index in [2.05, 4.69) is 21.4 Å². The third-order valence-electron chi connectivity index (χ3n) is 4.70. The van der Waals surface area contributed by atoms with Crippen LogP contribution in [0, 0.1) is 0 Å². The van der Waals surface area contributed by atoms with Crippen LogP contribution in [0.2, 0.25) is 0 Å². The minimum atomic E-state index is 0.0721. The molecule has 1 saturated carbocycles. The third-order valence-corrected chi connectivity index (χ3v) is 4.70. The van der Waals surface area contributed by atoms with Crippen molar-refractivity contribution >= 4 is 16.9 Å². The lowest BCUT2D eigenvalue weighted by Gasteiger charge is -2.08. The smallest absolute Gasteiger partial charge is 0.220 e. The standard InChI is InChI=1S/C20H21N3O2/c1-25-18-9-5-2-6-13(18)14-12-17(14)23-20(24)11-10-19-21-15-7-3-4-8-16(15)22-19/h2-9,14,17H,10-12H2,1H3,(H,21,22)(H,23,24)/t14-,17+/m0/s1. The summed E-state index contributed by atoms with van der Waals surface area (Å²) in [6, 6.07) is 16.1. The van der Waals surface area contributed by atoms with E-state index in [0.717, 1.165) is 29.0 Å². The van der Waals surface area contributed by atoms with Crippen molar-refractivity contribution in [2.75, 3.05) is 7.11 Å². The Labute approximate surface area is 146 Å². The number of rotatable bonds is 6. The zero-order valence-electron chi connectivity index (χ0n) is 14.2. The van der Waals surface area contributed by atoms with Gasteiger partial charge in [0.05, 0.1) is 18.1 Å². The lowest BCUT2D eigenvalue weighted by molar-refractivity contribution is -0.121. The van der Waals surface area contributed by atoms with Gasteiger partial charge >= 0.3 is 0 Å². The third kappa shape index (κ3) is 3.36. The number of fused-ring (bicyclic) bond motifs is 1. The molecule has 25 heavy (non-hydrogen) atoms. The molecule has 1 aliphatic carbocycles. The SMILES string of the molecule is COc1ccccc1[C@@H]1C[C@H]1NC(=O)CCc1nc2ccccc2[nH]1. The van der Waals surface area contributed by atoms with E-state index in [-0.39, 0.29) is 11.9 Å². The summed E-state index contributed by atoms with van der Waals surface area (Å²) in [5, 5.41) is 3.12. The van der Waals surface area contributed by atoms with Crippen LogP contribution in [0.25, 0.3) is 11.0 Å². The molecular weight excluding hydrogens is 314 g/mol. The van der Waals surface area contributed by atoms with Crippen LogP contribution in [-0.4, -0.2) is 29.0 Å². The van der Waals surface area contributed by atoms with Gasteiger partial charge < -0.3 is 15.0 Å². The topological polar surface area (TPSA) is 67.0 Å². The fraction of sp³-hybridized carbons (Fsp3) is 0.300. The number of benzene rings is 2. The quantitative estimate of drug-likeness (QED) is 0.727. The fourth-order valence-corrected chi connectivity index (χ4v) is 3.31. The van der Waals surface area contributed by atoms with Gasteiger partial charge in [-0.25, -0.2) is 4.98 Å². The van der Waals surface area contributed by atoms with Gasteiger partial charge in [-0.05, 0) is 30.2 Å². The molecule has 0 bridgehead atoms. The van der Waals surface area contributed by atoms with Crippen LogP contribution >= 0.6 is 0 Å². The Balaban J connectivity index is 1.31. The van der Waals surface area contributed by atoms with Crippen molar-refractivity contribution in [1.82, 2.24) is 15.3 Å². The second-order valence-electron chi connectivity index (χ2n) is 6.46. The molecule has 2 atom stereocenters. The Morgan fingerprint density at radius 2 is 2.04 bits per heavy atom. The second-order valence-corrected chi connectivity index (χ2v) is 6.46. The van der Waals surface area contributed by atoms with E-state index >= 15 is 0 Å². The van der Waals surface area contributed by atoms with Gasteiger partial charge in [-0.2, -0.15) is 0 Å². The average molecular weight is 335 g/mol. The molecule has 3 aromatic rings. The van der Waals surface area contributed by atoms with Crippen molar-refractivity contribution in [3.05, 3.63) is 59.9 Å². The van der Waals surface area contributed by atoms with Crippen LogP contribution in [0.15, 0.2) is 48.5 Å². The van der Waals surface area contributed by atoms with Crippen molar-refractivity contribution in [3.8, 4) is 5.75 Å². The molecular formula is C20H21N3O2. The number of methoxy groups -OCH3 is 1. The molecule has 1 aromatic heterocycles. The van der Waals surface area contributed by atoms with Crippen LogP contribution in [0.3, 0.4) is 0 Å². The first-order valence-electron chi connectivity index (χ1n) is 8.60. The highest BCUT2D eigenvalue weighted by Crippen LogP contribution is 2.44. The van der Waals surface area contributed by atoms with E-state index in [1.165, 1.54) is 5.56 Å². The molecule has 0 aliphatic heterocycles. The first-order valence-corrected chi connectivity index (χ1v) is 8.60. The van der Waals surface area contributed by atoms with Gasteiger partial charge in [0, 0.05) is 24.8 Å². The highest BCUT2D eigenvalue weighted by molar-refractivity contribution is 5.78. The van der Waals surface area contributed by atoms with E-state index in [1.807, 2.05) is 42.5 Å². The number of amides is 1. The normalized spacial score (nSPS) is 18.9. The molecule has 2 N–H and O–H groups in total. The molecule has 0 radical (unpaired) electrons. The van der Waals surface area contributed by atoms with Gasteiger partial charge in [0.2, 0.25) is 5.91 Å². The highest BCUT2D eigenvalue weighted by atomic mass is 16.5. The van der Waals surface area contributed by atoms with Crippen molar-refractivity contribution in [3.63, 3.8) is 0 Å². The number of aromatic nitrogens is 2. The molecule has 5 nitrogen and oxygen atoms in total. The van der Waals surface area contributed by atoms with Crippen molar-refractivity contribution in [2.45, 2.75) is 31.2 Å². The molecule has 1 heterocycles. The summed E-state index contributed by atoms with van der Waals surface area (Å²) in [5.41, 5.74) is 3.13. The van der Waals surface area contributed by atoms with E-state index in [0.29, 0.717) is 18.8 Å². The number of nitrogens with zero attached hydrogens (tertiary/aromatic N) is 1. The maximum absolute atomic E-state index is 12.2. The largest absolute Gasteiger partial charge is 0.496 e.